The molecule has 9 nitrogen and oxygen atoms in total. The number of hydrogen-bond acceptors (Lipinski definition) is 8. The lowest BCUT2D eigenvalue weighted by Gasteiger charge is -2.35. The number of carboxylic acid groups (broad SMARTS) is 1. The molecule has 0 aliphatic heterocycles. The number of hydrogen-bond donors (Lipinski definition) is 1. The van der Waals surface area contributed by atoms with Gasteiger partial charge in [-0.05, 0) is 87.4 Å². The Morgan fingerprint density at radius 1 is 0.841 bits per heavy atom. The van der Waals surface area contributed by atoms with Crippen LogP contribution in [0.3, 0.4) is 0 Å². The van der Waals surface area contributed by atoms with E-state index in [9.17, 15) is 24.3 Å². The molecule has 0 heterocycles. The zero-order chi connectivity index (χ0) is 31.8. The van der Waals surface area contributed by atoms with E-state index in [1.165, 1.54) is 18.2 Å². The zero-order valence-electron chi connectivity index (χ0n) is 25.6. The molecule has 238 valence electrons. The first-order chi connectivity index (χ1) is 21.3. The number of unbranched alkanes of at least 4 members (excludes halogenated alkanes) is 5. The van der Waals surface area contributed by atoms with E-state index in [0.29, 0.717) is 19.0 Å². The summed E-state index contributed by atoms with van der Waals surface area (Å²) in [7, 11) is 0. The Hall–Kier alpha value is -4.14. The Balaban J connectivity index is 1.53. The van der Waals surface area contributed by atoms with E-state index in [0.717, 1.165) is 89.5 Å². The molecule has 1 saturated carbocycles. The third-order valence-corrected chi connectivity index (χ3v) is 7.91. The minimum atomic E-state index is -1.30. The topological polar surface area (TPSA) is 125 Å². The maximum Gasteiger partial charge on any atom is 0.343 e. The van der Waals surface area contributed by atoms with Gasteiger partial charge in [-0.1, -0.05) is 52.0 Å². The summed E-state index contributed by atoms with van der Waals surface area (Å²) in [6, 6.07) is 10.4. The number of ether oxygens (including phenoxy) is 4. The van der Waals surface area contributed by atoms with Crippen LogP contribution in [0, 0.1) is 5.41 Å². The third-order valence-electron chi connectivity index (χ3n) is 7.91. The average molecular weight is 609 g/mol. The van der Waals surface area contributed by atoms with E-state index in [1.807, 2.05) is 0 Å². The molecular weight excluding hydrogens is 564 g/mol. The summed E-state index contributed by atoms with van der Waals surface area (Å²) >= 11 is 0. The molecule has 0 unspecified atom stereocenters. The van der Waals surface area contributed by atoms with E-state index < -0.39 is 23.3 Å². The zero-order valence-corrected chi connectivity index (χ0v) is 25.6. The lowest BCUT2D eigenvalue weighted by atomic mass is 9.71. The first-order valence-corrected chi connectivity index (χ1v) is 15.6. The Morgan fingerprint density at radius 2 is 1.52 bits per heavy atom. The number of aromatic carboxylic acids is 1. The van der Waals surface area contributed by atoms with Crippen LogP contribution in [-0.4, -0.2) is 42.2 Å². The molecule has 0 bridgehead atoms. The van der Waals surface area contributed by atoms with Gasteiger partial charge in [-0.3, -0.25) is 4.79 Å². The molecule has 2 aromatic carbocycles. The van der Waals surface area contributed by atoms with Crippen molar-refractivity contribution in [2.75, 3.05) is 13.2 Å². The van der Waals surface area contributed by atoms with E-state index in [4.69, 9.17) is 18.9 Å². The smallest absolute Gasteiger partial charge is 0.343 e. The fourth-order valence-corrected chi connectivity index (χ4v) is 5.37. The van der Waals surface area contributed by atoms with Gasteiger partial charge in [-0.2, -0.15) is 0 Å². The second-order valence-corrected chi connectivity index (χ2v) is 11.2. The monoisotopic (exact) mass is 608 g/mol. The molecule has 0 amide bonds. The van der Waals surface area contributed by atoms with Crippen LogP contribution in [0.15, 0.2) is 55.1 Å². The van der Waals surface area contributed by atoms with Gasteiger partial charge in [-0.25, -0.2) is 14.4 Å². The Bertz CT molecular complexity index is 1260. The van der Waals surface area contributed by atoms with Crippen LogP contribution in [0.5, 0.6) is 17.2 Å². The Kier molecular flexibility index (Phi) is 13.9. The van der Waals surface area contributed by atoms with Gasteiger partial charge in [0.15, 0.2) is 0 Å². The minimum absolute atomic E-state index is 0.116. The maximum absolute atomic E-state index is 13.3. The van der Waals surface area contributed by atoms with E-state index in [1.54, 1.807) is 24.3 Å². The van der Waals surface area contributed by atoms with Gasteiger partial charge in [0.25, 0.3) is 0 Å². The average Bonchev–Trinajstić information content (AvgIpc) is 3.03. The van der Waals surface area contributed by atoms with Crippen LogP contribution in [0.4, 0.5) is 0 Å². The summed E-state index contributed by atoms with van der Waals surface area (Å²) in [5.74, 6) is -2.20. The van der Waals surface area contributed by atoms with Gasteiger partial charge in [0, 0.05) is 6.08 Å². The van der Waals surface area contributed by atoms with Crippen molar-refractivity contribution in [1.29, 1.82) is 0 Å². The molecule has 44 heavy (non-hydrogen) atoms. The fraction of sp³-hybridized carbons (Fsp3) is 0.486. The lowest BCUT2D eigenvalue weighted by molar-refractivity contribution is -0.148. The van der Waals surface area contributed by atoms with E-state index in [2.05, 4.69) is 13.5 Å². The highest BCUT2D eigenvalue weighted by atomic mass is 16.5. The second-order valence-electron chi connectivity index (χ2n) is 11.2. The number of carbonyl (C=O) groups is 4. The van der Waals surface area contributed by atoms with Gasteiger partial charge in [-0.15, -0.1) is 0 Å². The first kappa shape index (κ1) is 34.4. The summed E-state index contributed by atoms with van der Waals surface area (Å²) < 4.78 is 21.8. The number of benzene rings is 2. The second kappa shape index (κ2) is 17.9. The first-order valence-electron chi connectivity index (χ1n) is 15.6. The van der Waals surface area contributed by atoms with Crippen molar-refractivity contribution in [3.8, 4) is 17.2 Å². The molecule has 2 aromatic rings. The normalized spacial score (nSPS) is 13.8. The number of carbonyl (C=O) groups excluding carboxylic acids is 3. The molecule has 0 atom stereocenters. The minimum Gasteiger partial charge on any atom is -0.494 e. The van der Waals surface area contributed by atoms with Crippen LogP contribution in [0.25, 0.3) is 0 Å². The van der Waals surface area contributed by atoms with Crippen molar-refractivity contribution in [2.24, 2.45) is 5.41 Å². The Morgan fingerprint density at radius 3 is 2.18 bits per heavy atom. The predicted octanol–water partition coefficient (Wildman–Crippen LogP) is 7.71. The molecule has 3 rings (SSSR count). The summed E-state index contributed by atoms with van der Waals surface area (Å²) in [6.45, 7) is 6.34. The highest BCUT2D eigenvalue weighted by Crippen LogP contribution is 2.42. The molecule has 1 aliphatic carbocycles. The fourth-order valence-electron chi connectivity index (χ4n) is 5.37. The van der Waals surface area contributed by atoms with Gasteiger partial charge in [0.1, 0.15) is 22.8 Å². The van der Waals surface area contributed by atoms with Crippen LogP contribution >= 0.6 is 0 Å². The summed E-state index contributed by atoms with van der Waals surface area (Å²) in [4.78, 5) is 49.2. The third kappa shape index (κ3) is 10.5. The van der Waals surface area contributed by atoms with Gasteiger partial charge >= 0.3 is 23.9 Å². The van der Waals surface area contributed by atoms with Gasteiger partial charge in [0.05, 0.1) is 24.2 Å². The summed E-state index contributed by atoms with van der Waals surface area (Å²) in [5, 5.41) is 9.81. The van der Waals surface area contributed by atoms with Gasteiger partial charge in [0.2, 0.25) is 0 Å². The number of rotatable bonds is 18. The molecule has 0 radical (unpaired) electrons. The lowest BCUT2D eigenvalue weighted by Crippen LogP contribution is -2.37. The van der Waals surface area contributed by atoms with Crippen molar-refractivity contribution < 1.29 is 43.2 Å². The van der Waals surface area contributed by atoms with Crippen molar-refractivity contribution in [3.05, 3.63) is 66.2 Å². The van der Waals surface area contributed by atoms with E-state index >= 15 is 0 Å². The van der Waals surface area contributed by atoms with Crippen molar-refractivity contribution in [2.45, 2.75) is 90.4 Å². The summed E-state index contributed by atoms with van der Waals surface area (Å²) in [5.41, 5.74) is -0.586. The molecular formula is C35H44O9. The molecule has 9 heteroatoms. The van der Waals surface area contributed by atoms with Crippen molar-refractivity contribution in [3.63, 3.8) is 0 Å². The van der Waals surface area contributed by atoms with Gasteiger partial charge < -0.3 is 24.1 Å². The van der Waals surface area contributed by atoms with Crippen LogP contribution in [0.2, 0.25) is 0 Å². The Labute approximate surface area is 259 Å². The molecule has 1 aliphatic rings. The molecule has 0 saturated heterocycles. The number of esters is 3. The standard InChI is InChI=1S/C35H44O9/c1-3-5-9-20-35(21-10-8-11-22-35)34(40)43-28-18-19-30(29(25-28)32(37)38)44-33(39)26-14-16-27(17-15-26)41-23-12-6-7-13-24-42-31(36)4-2/h4,14-19,25H,2-3,5-13,20-24H2,1H3,(H,37,38). The van der Waals surface area contributed by atoms with Crippen molar-refractivity contribution >= 4 is 23.9 Å². The molecule has 0 spiro atoms. The quantitative estimate of drug-likeness (QED) is 0.0784. The van der Waals surface area contributed by atoms with Crippen LogP contribution < -0.4 is 14.2 Å². The van der Waals surface area contributed by atoms with Crippen molar-refractivity contribution in [1.82, 2.24) is 0 Å². The van der Waals surface area contributed by atoms with E-state index in [-0.39, 0.29) is 28.6 Å². The van der Waals surface area contributed by atoms with Crippen LogP contribution in [-0.2, 0) is 14.3 Å². The van der Waals surface area contributed by atoms with Crippen LogP contribution in [0.1, 0.15) is 111 Å². The highest BCUT2D eigenvalue weighted by molar-refractivity contribution is 5.96. The highest BCUT2D eigenvalue weighted by Gasteiger charge is 2.40. The summed E-state index contributed by atoms with van der Waals surface area (Å²) in [6.07, 6.45) is 13.0. The molecule has 1 N–H and O–H groups in total. The molecule has 0 aromatic heterocycles. The predicted molar refractivity (Wildman–Crippen MR) is 165 cm³/mol. The largest absolute Gasteiger partial charge is 0.494 e. The molecule has 1 fully saturated rings. The maximum atomic E-state index is 13.3. The number of carboxylic acids is 1. The SMILES string of the molecule is C=CC(=O)OCCCCCCOc1ccc(C(=O)Oc2ccc(OC(=O)C3(CCCCC)CCCCC3)cc2C(=O)O)cc1.